The zero-order valence-electron chi connectivity index (χ0n) is 11.1. The molecule has 1 aromatic carbocycles. The molecule has 0 aliphatic carbocycles. The van der Waals surface area contributed by atoms with Gasteiger partial charge >= 0.3 is 0 Å². The van der Waals surface area contributed by atoms with E-state index in [1.54, 1.807) is 6.07 Å². The molecule has 0 saturated carbocycles. The molecule has 0 aromatic heterocycles. The molecule has 104 valence electrons. The van der Waals surface area contributed by atoms with Crippen molar-refractivity contribution in [2.75, 3.05) is 13.2 Å². The summed E-state index contributed by atoms with van der Waals surface area (Å²) in [6.07, 6.45) is 4.87. The van der Waals surface area contributed by atoms with Gasteiger partial charge in [-0.15, -0.1) is 0 Å². The SMILES string of the molecule is CCCNC(C1=COCCC1)c1cccc(F)c1Br. The predicted molar refractivity (Wildman–Crippen MR) is 78.4 cm³/mol. The summed E-state index contributed by atoms with van der Waals surface area (Å²) in [7, 11) is 0. The highest BCUT2D eigenvalue weighted by atomic mass is 79.9. The third-order valence-electron chi connectivity index (χ3n) is 3.22. The van der Waals surface area contributed by atoms with Gasteiger partial charge in [0.05, 0.1) is 23.4 Å². The molecule has 0 bridgehead atoms. The third-order valence-corrected chi connectivity index (χ3v) is 4.06. The van der Waals surface area contributed by atoms with E-state index in [0.29, 0.717) is 4.47 Å². The zero-order chi connectivity index (χ0) is 13.7. The van der Waals surface area contributed by atoms with E-state index in [4.69, 9.17) is 4.74 Å². The van der Waals surface area contributed by atoms with Crippen LogP contribution in [-0.4, -0.2) is 13.2 Å². The van der Waals surface area contributed by atoms with Crippen molar-refractivity contribution in [3.05, 3.63) is 45.9 Å². The predicted octanol–water partition coefficient (Wildman–Crippen LogP) is 4.32. The molecule has 1 aliphatic rings. The first kappa shape index (κ1) is 14.5. The van der Waals surface area contributed by atoms with Crippen LogP contribution in [0.4, 0.5) is 4.39 Å². The maximum absolute atomic E-state index is 13.7. The molecule has 1 unspecified atom stereocenters. The summed E-state index contributed by atoms with van der Waals surface area (Å²) in [5.41, 5.74) is 2.12. The van der Waals surface area contributed by atoms with Gasteiger partial charge in [-0.3, -0.25) is 0 Å². The van der Waals surface area contributed by atoms with E-state index in [9.17, 15) is 4.39 Å². The number of ether oxygens (including phenoxy) is 1. The molecule has 0 fully saturated rings. The second-order valence-corrected chi connectivity index (χ2v) is 5.49. The van der Waals surface area contributed by atoms with Crippen LogP contribution >= 0.6 is 15.9 Å². The first-order valence-electron chi connectivity index (χ1n) is 6.72. The van der Waals surface area contributed by atoms with E-state index in [1.165, 1.54) is 11.6 Å². The lowest BCUT2D eigenvalue weighted by Gasteiger charge is -2.25. The second-order valence-electron chi connectivity index (χ2n) is 4.70. The van der Waals surface area contributed by atoms with E-state index in [2.05, 4.69) is 28.2 Å². The largest absolute Gasteiger partial charge is 0.501 e. The molecule has 0 spiro atoms. The van der Waals surface area contributed by atoms with E-state index in [-0.39, 0.29) is 11.9 Å². The lowest BCUT2D eigenvalue weighted by atomic mass is 9.95. The van der Waals surface area contributed by atoms with Gasteiger partial charge in [-0.05, 0) is 58.9 Å². The number of hydrogen-bond donors (Lipinski definition) is 1. The molecule has 19 heavy (non-hydrogen) atoms. The summed E-state index contributed by atoms with van der Waals surface area (Å²) in [5, 5.41) is 3.48. The van der Waals surface area contributed by atoms with Crippen LogP contribution in [0.5, 0.6) is 0 Å². The Balaban J connectivity index is 2.30. The standard InChI is InChI=1S/C15H19BrFNO/c1-2-8-18-15(11-5-4-9-19-10-11)12-6-3-7-13(17)14(12)16/h3,6-7,10,15,18H,2,4-5,8-9H2,1H3. The smallest absolute Gasteiger partial charge is 0.137 e. The minimum Gasteiger partial charge on any atom is -0.501 e. The van der Waals surface area contributed by atoms with Crippen molar-refractivity contribution in [1.82, 2.24) is 5.32 Å². The Kier molecular flexibility index (Phi) is 5.40. The summed E-state index contributed by atoms with van der Waals surface area (Å²) in [4.78, 5) is 0. The molecule has 1 heterocycles. The van der Waals surface area contributed by atoms with Crippen LogP contribution in [0.25, 0.3) is 0 Å². The number of rotatable bonds is 5. The fourth-order valence-electron chi connectivity index (χ4n) is 2.27. The normalized spacial score (nSPS) is 16.7. The Hall–Kier alpha value is -0.870. The molecule has 0 amide bonds. The number of hydrogen-bond acceptors (Lipinski definition) is 2. The van der Waals surface area contributed by atoms with Crippen molar-refractivity contribution in [3.63, 3.8) is 0 Å². The van der Waals surface area contributed by atoms with Gasteiger partial charge in [0.1, 0.15) is 5.82 Å². The van der Waals surface area contributed by atoms with Crippen LogP contribution < -0.4 is 5.32 Å². The molecule has 1 N–H and O–H groups in total. The van der Waals surface area contributed by atoms with Crippen LogP contribution in [0.3, 0.4) is 0 Å². The number of nitrogens with one attached hydrogen (secondary N) is 1. The third kappa shape index (κ3) is 3.57. The second kappa shape index (κ2) is 7.06. The van der Waals surface area contributed by atoms with Crippen molar-refractivity contribution in [2.24, 2.45) is 0 Å². The van der Waals surface area contributed by atoms with Crippen molar-refractivity contribution in [3.8, 4) is 0 Å². The van der Waals surface area contributed by atoms with Gasteiger partial charge < -0.3 is 10.1 Å². The van der Waals surface area contributed by atoms with Crippen LogP contribution in [0.15, 0.2) is 34.5 Å². The van der Waals surface area contributed by atoms with Gasteiger partial charge in [-0.1, -0.05) is 19.1 Å². The highest BCUT2D eigenvalue weighted by Crippen LogP contribution is 2.33. The average molecular weight is 328 g/mol. The van der Waals surface area contributed by atoms with Crippen LogP contribution in [0.1, 0.15) is 37.8 Å². The minimum atomic E-state index is -0.224. The maximum Gasteiger partial charge on any atom is 0.137 e. The van der Waals surface area contributed by atoms with Crippen LogP contribution in [0.2, 0.25) is 0 Å². The van der Waals surface area contributed by atoms with E-state index in [1.807, 2.05) is 12.3 Å². The highest BCUT2D eigenvalue weighted by molar-refractivity contribution is 9.10. The van der Waals surface area contributed by atoms with Crippen LogP contribution in [-0.2, 0) is 4.74 Å². The summed E-state index contributed by atoms with van der Waals surface area (Å²) in [6.45, 7) is 3.79. The summed E-state index contributed by atoms with van der Waals surface area (Å²) in [5.74, 6) is -0.224. The first-order chi connectivity index (χ1) is 9.24. The summed E-state index contributed by atoms with van der Waals surface area (Å²) < 4.78 is 19.7. The lowest BCUT2D eigenvalue weighted by molar-refractivity contribution is 0.219. The summed E-state index contributed by atoms with van der Waals surface area (Å²) in [6, 6.07) is 5.19. The molecule has 1 aromatic rings. The average Bonchev–Trinajstić information content (AvgIpc) is 2.45. The van der Waals surface area contributed by atoms with E-state index >= 15 is 0 Å². The summed E-state index contributed by atoms with van der Waals surface area (Å²) >= 11 is 3.36. The van der Waals surface area contributed by atoms with Gasteiger partial charge in [0, 0.05) is 0 Å². The Labute approximate surface area is 122 Å². The fraction of sp³-hybridized carbons (Fsp3) is 0.467. The van der Waals surface area contributed by atoms with Crippen molar-refractivity contribution >= 4 is 15.9 Å². The molecule has 4 heteroatoms. The molecule has 0 radical (unpaired) electrons. The van der Waals surface area contributed by atoms with Crippen molar-refractivity contribution in [1.29, 1.82) is 0 Å². The highest BCUT2D eigenvalue weighted by Gasteiger charge is 2.21. The molecule has 2 rings (SSSR count). The van der Waals surface area contributed by atoms with Gasteiger partial charge in [0.2, 0.25) is 0 Å². The van der Waals surface area contributed by atoms with E-state index < -0.39 is 0 Å². The molecule has 0 saturated heterocycles. The number of benzene rings is 1. The van der Waals surface area contributed by atoms with Crippen molar-refractivity contribution < 1.29 is 9.13 Å². The maximum atomic E-state index is 13.7. The first-order valence-corrected chi connectivity index (χ1v) is 7.51. The number of halogens is 2. The monoisotopic (exact) mass is 327 g/mol. The van der Waals surface area contributed by atoms with Gasteiger partial charge in [-0.25, -0.2) is 4.39 Å². The molecule has 2 nitrogen and oxygen atoms in total. The lowest BCUT2D eigenvalue weighted by Crippen LogP contribution is -2.25. The molecular formula is C15H19BrFNO. The topological polar surface area (TPSA) is 21.3 Å². The van der Waals surface area contributed by atoms with Gasteiger partial charge in [-0.2, -0.15) is 0 Å². The Morgan fingerprint density at radius 3 is 3.00 bits per heavy atom. The Morgan fingerprint density at radius 2 is 2.32 bits per heavy atom. The molecular weight excluding hydrogens is 309 g/mol. The Morgan fingerprint density at radius 1 is 1.47 bits per heavy atom. The van der Waals surface area contributed by atoms with Gasteiger partial charge in [0.25, 0.3) is 0 Å². The van der Waals surface area contributed by atoms with Crippen molar-refractivity contribution in [2.45, 2.75) is 32.2 Å². The molecule has 1 aliphatic heterocycles. The van der Waals surface area contributed by atoms with Gasteiger partial charge in [0.15, 0.2) is 0 Å². The van der Waals surface area contributed by atoms with E-state index in [0.717, 1.165) is 38.0 Å². The molecule has 1 atom stereocenters. The minimum absolute atomic E-state index is 0.0188. The zero-order valence-corrected chi connectivity index (χ0v) is 12.7. The Bertz CT molecular complexity index is 461. The fourth-order valence-corrected chi connectivity index (χ4v) is 2.76. The quantitative estimate of drug-likeness (QED) is 0.869. The van der Waals surface area contributed by atoms with Crippen LogP contribution in [0, 0.1) is 5.82 Å².